The fourth-order valence-corrected chi connectivity index (χ4v) is 4.66. The molecule has 2 heterocycles. The number of hydrogen-bond donors (Lipinski definition) is 3. The van der Waals surface area contributed by atoms with E-state index in [1.807, 2.05) is 6.07 Å². The Labute approximate surface area is 164 Å². The highest BCUT2D eigenvalue weighted by Gasteiger charge is 2.29. The molecule has 1 saturated heterocycles. The first-order valence-corrected chi connectivity index (χ1v) is 10.4. The minimum Gasteiger partial charge on any atom is -0.408 e. The molecule has 1 aliphatic carbocycles. The molecule has 2 fully saturated rings. The quantitative estimate of drug-likeness (QED) is 0.702. The van der Waals surface area contributed by atoms with E-state index in [9.17, 15) is 14.7 Å². The van der Waals surface area contributed by atoms with Crippen LogP contribution in [0.15, 0.2) is 27.4 Å². The number of nitrogens with one attached hydrogen (secondary N) is 2. The maximum Gasteiger partial charge on any atom is 0.417 e. The van der Waals surface area contributed by atoms with Crippen LogP contribution in [-0.2, 0) is 11.2 Å². The molecule has 1 aliphatic heterocycles. The summed E-state index contributed by atoms with van der Waals surface area (Å²) in [5.74, 6) is 0.0189. The number of aliphatic hydroxyl groups excluding tert-OH is 1. The van der Waals surface area contributed by atoms with Crippen LogP contribution in [0.5, 0.6) is 0 Å². The lowest BCUT2D eigenvalue weighted by Crippen LogP contribution is -2.48. The molecule has 2 aliphatic rings. The van der Waals surface area contributed by atoms with Crippen molar-refractivity contribution in [2.24, 2.45) is 5.92 Å². The fraction of sp³-hybridized carbons (Fsp3) is 0.619. The molecule has 152 valence electrons. The smallest absolute Gasteiger partial charge is 0.408 e. The molecular formula is C21H29N3O4. The molecule has 1 amide bonds. The summed E-state index contributed by atoms with van der Waals surface area (Å²) in [6.07, 6.45) is 6.89. The highest BCUT2D eigenvalue weighted by atomic mass is 16.4. The maximum atomic E-state index is 12.8. The number of aromatic nitrogens is 1. The number of aliphatic hydroxyl groups is 1. The SMILES string of the molecule is O=C(Cc1ccc2oc(=O)[nH]c2c1)N[C@H](CN1CCC(O)C1)C1CCCCC1. The van der Waals surface area contributed by atoms with Gasteiger partial charge in [-0.05, 0) is 42.9 Å². The molecule has 2 atom stereocenters. The largest absolute Gasteiger partial charge is 0.417 e. The van der Waals surface area contributed by atoms with Gasteiger partial charge in [0.25, 0.3) is 0 Å². The lowest BCUT2D eigenvalue weighted by molar-refractivity contribution is -0.121. The molecule has 0 radical (unpaired) electrons. The Balaban J connectivity index is 1.41. The van der Waals surface area contributed by atoms with Gasteiger partial charge in [-0.2, -0.15) is 0 Å². The van der Waals surface area contributed by atoms with E-state index in [0.717, 1.165) is 37.9 Å². The highest BCUT2D eigenvalue weighted by molar-refractivity contribution is 5.81. The van der Waals surface area contributed by atoms with Gasteiger partial charge in [-0.3, -0.25) is 14.7 Å². The van der Waals surface area contributed by atoms with Crippen LogP contribution < -0.4 is 11.1 Å². The van der Waals surface area contributed by atoms with E-state index in [1.54, 1.807) is 12.1 Å². The first-order valence-electron chi connectivity index (χ1n) is 10.4. The summed E-state index contributed by atoms with van der Waals surface area (Å²) < 4.78 is 5.02. The van der Waals surface area contributed by atoms with Crippen LogP contribution in [-0.4, -0.2) is 52.7 Å². The van der Waals surface area contributed by atoms with Gasteiger partial charge in [0.1, 0.15) is 0 Å². The van der Waals surface area contributed by atoms with Gasteiger partial charge >= 0.3 is 5.76 Å². The van der Waals surface area contributed by atoms with E-state index in [2.05, 4.69) is 15.2 Å². The van der Waals surface area contributed by atoms with Crippen LogP contribution in [0.2, 0.25) is 0 Å². The van der Waals surface area contributed by atoms with Crippen molar-refractivity contribution in [3.05, 3.63) is 34.3 Å². The Bertz CT molecular complexity index is 868. The van der Waals surface area contributed by atoms with E-state index in [-0.39, 0.29) is 24.5 Å². The Morgan fingerprint density at radius 2 is 2.11 bits per heavy atom. The third-order valence-corrected chi connectivity index (χ3v) is 6.12. The Morgan fingerprint density at radius 3 is 2.86 bits per heavy atom. The second kappa shape index (κ2) is 8.49. The highest BCUT2D eigenvalue weighted by Crippen LogP contribution is 2.27. The van der Waals surface area contributed by atoms with Crippen LogP contribution >= 0.6 is 0 Å². The summed E-state index contributed by atoms with van der Waals surface area (Å²) in [6, 6.07) is 5.47. The molecule has 7 heteroatoms. The monoisotopic (exact) mass is 387 g/mol. The first kappa shape index (κ1) is 19.2. The van der Waals surface area contributed by atoms with E-state index in [0.29, 0.717) is 23.6 Å². The second-order valence-electron chi connectivity index (χ2n) is 8.30. The van der Waals surface area contributed by atoms with Crippen molar-refractivity contribution in [3.63, 3.8) is 0 Å². The van der Waals surface area contributed by atoms with Gasteiger partial charge in [0, 0.05) is 25.7 Å². The molecule has 1 aromatic heterocycles. The minimum atomic E-state index is -0.484. The maximum absolute atomic E-state index is 12.8. The van der Waals surface area contributed by atoms with Crippen molar-refractivity contribution in [1.29, 1.82) is 0 Å². The van der Waals surface area contributed by atoms with Crippen molar-refractivity contribution < 1.29 is 14.3 Å². The van der Waals surface area contributed by atoms with E-state index >= 15 is 0 Å². The third-order valence-electron chi connectivity index (χ3n) is 6.12. The molecule has 28 heavy (non-hydrogen) atoms. The topological polar surface area (TPSA) is 98.6 Å². The summed E-state index contributed by atoms with van der Waals surface area (Å²) in [5, 5.41) is 13.1. The number of aromatic amines is 1. The minimum absolute atomic E-state index is 0.000473. The Hall–Kier alpha value is -2.12. The molecule has 1 saturated carbocycles. The number of hydrogen-bond acceptors (Lipinski definition) is 5. The van der Waals surface area contributed by atoms with Crippen LogP contribution in [0.1, 0.15) is 44.1 Å². The van der Waals surface area contributed by atoms with Gasteiger partial charge < -0.3 is 14.8 Å². The van der Waals surface area contributed by atoms with Crippen LogP contribution in [0.25, 0.3) is 11.1 Å². The number of amides is 1. The van der Waals surface area contributed by atoms with Crippen molar-refractivity contribution in [1.82, 2.24) is 15.2 Å². The zero-order valence-corrected chi connectivity index (χ0v) is 16.2. The molecule has 2 aromatic rings. The molecule has 7 nitrogen and oxygen atoms in total. The Morgan fingerprint density at radius 1 is 1.29 bits per heavy atom. The summed E-state index contributed by atoms with van der Waals surface area (Å²) in [6.45, 7) is 2.40. The lowest BCUT2D eigenvalue weighted by Gasteiger charge is -2.33. The van der Waals surface area contributed by atoms with Crippen LogP contribution in [0, 0.1) is 5.92 Å². The number of β-amino-alcohol motifs (C(OH)–C–C–N with tert-alkyl or cyclic N) is 1. The second-order valence-corrected chi connectivity index (χ2v) is 8.30. The molecular weight excluding hydrogens is 358 g/mol. The fourth-order valence-electron chi connectivity index (χ4n) is 4.66. The molecule has 4 rings (SSSR count). The molecule has 1 unspecified atom stereocenters. The number of likely N-dealkylation sites (tertiary alicyclic amines) is 1. The average Bonchev–Trinajstić information content (AvgIpc) is 3.25. The number of nitrogens with zero attached hydrogens (tertiary/aromatic N) is 1. The van der Waals surface area contributed by atoms with Gasteiger partial charge in [-0.15, -0.1) is 0 Å². The summed E-state index contributed by atoms with van der Waals surface area (Å²) in [5.41, 5.74) is 1.97. The normalized spacial score (nSPS) is 22.5. The van der Waals surface area contributed by atoms with E-state index < -0.39 is 5.76 Å². The predicted molar refractivity (Wildman–Crippen MR) is 106 cm³/mol. The van der Waals surface area contributed by atoms with Gasteiger partial charge in [-0.1, -0.05) is 25.3 Å². The first-order chi connectivity index (χ1) is 13.6. The Kier molecular flexibility index (Phi) is 5.82. The molecule has 0 bridgehead atoms. The van der Waals surface area contributed by atoms with Gasteiger partial charge in [-0.25, -0.2) is 4.79 Å². The summed E-state index contributed by atoms with van der Waals surface area (Å²) in [7, 11) is 0. The molecule has 1 aromatic carbocycles. The van der Waals surface area contributed by atoms with Crippen molar-refractivity contribution in [3.8, 4) is 0 Å². The standard InChI is InChI=1S/C21H29N3O4/c25-16-8-9-24(12-16)13-18(15-4-2-1-3-5-15)22-20(26)11-14-6-7-19-17(10-14)23-21(27)28-19/h6-7,10,15-16,18,25H,1-5,8-9,11-13H2,(H,22,26)(H,23,27)/t16?,18-/m1/s1. The number of fused-ring (bicyclic) bond motifs is 1. The van der Waals surface area contributed by atoms with Crippen LogP contribution in [0.3, 0.4) is 0 Å². The van der Waals surface area contributed by atoms with Gasteiger partial charge in [0.2, 0.25) is 5.91 Å². The predicted octanol–water partition coefficient (Wildman–Crippen LogP) is 1.80. The number of rotatable bonds is 6. The van der Waals surface area contributed by atoms with E-state index in [4.69, 9.17) is 4.42 Å². The number of oxazole rings is 1. The summed E-state index contributed by atoms with van der Waals surface area (Å²) >= 11 is 0. The number of carbonyl (C=O) groups is 1. The average molecular weight is 387 g/mol. The van der Waals surface area contributed by atoms with Crippen molar-refractivity contribution >= 4 is 17.0 Å². The molecule has 3 N–H and O–H groups in total. The number of benzene rings is 1. The lowest BCUT2D eigenvalue weighted by atomic mass is 9.83. The summed E-state index contributed by atoms with van der Waals surface area (Å²) in [4.78, 5) is 29.0. The third kappa shape index (κ3) is 4.64. The van der Waals surface area contributed by atoms with Crippen LogP contribution in [0.4, 0.5) is 0 Å². The van der Waals surface area contributed by atoms with E-state index in [1.165, 1.54) is 19.3 Å². The van der Waals surface area contributed by atoms with Gasteiger partial charge in [0.05, 0.1) is 18.0 Å². The zero-order valence-electron chi connectivity index (χ0n) is 16.2. The zero-order chi connectivity index (χ0) is 19.5. The number of H-pyrrole nitrogens is 1. The van der Waals surface area contributed by atoms with Gasteiger partial charge in [0.15, 0.2) is 5.58 Å². The van der Waals surface area contributed by atoms with Crippen molar-refractivity contribution in [2.45, 2.75) is 57.1 Å². The molecule has 0 spiro atoms. The van der Waals surface area contributed by atoms with Crippen molar-refractivity contribution in [2.75, 3.05) is 19.6 Å². The number of carbonyl (C=O) groups excluding carboxylic acids is 1.